The number of pyridine rings is 1. The molecule has 1 unspecified atom stereocenters. The van der Waals surface area contributed by atoms with E-state index in [-0.39, 0.29) is 12.3 Å². The van der Waals surface area contributed by atoms with Gasteiger partial charge in [-0.2, -0.15) is 0 Å². The van der Waals surface area contributed by atoms with Crippen LogP contribution in [0.1, 0.15) is 59.4 Å². The number of ether oxygens (including phenoxy) is 2. The number of likely N-dealkylation sites (N-methyl/N-ethyl adjacent to an activating group) is 2. The Bertz CT molecular complexity index is 872. The van der Waals surface area contributed by atoms with Crippen molar-refractivity contribution in [1.82, 2.24) is 20.1 Å². The highest BCUT2D eigenvalue weighted by atomic mass is 16.6. The molecule has 202 valence electrons. The summed E-state index contributed by atoms with van der Waals surface area (Å²) in [7, 11) is 5.74. The number of carbonyl (C=O) groups excluding carboxylic acids is 1. The van der Waals surface area contributed by atoms with E-state index < -0.39 is 5.60 Å². The molecule has 1 aromatic heterocycles. The van der Waals surface area contributed by atoms with Gasteiger partial charge < -0.3 is 29.5 Å². The molecule has 9 heteroatoms. The zero-order chi connectivity index (χ0) is 26.9. The molecule has 2 rings (SSSR count). The van der Waals surface area contributed by atoms with Crippen molar-refractivity contribution < 1.29 is 14.3 Å². The van der Waals surface area contributed by atoms with E-state index in [0.717, 1.165) is 42.8 Å². The standard InChI is InChI=1S/C27H46N6O3/c1-20(2)33(8)23-13-12-21(17-29-23)25(28)22(18-30-24-11-9-10-16-35-24)19-31(6)14-15-32(7)26(34)36-27(3,4)5/h12-13,17-18,20,24,28,30H,9-11,14-16,19H2,1-8H3/b22-18-,28-25?. The average molecular weight is 503 g/mol. The van der Waals surface area contributed by atoms with Gasteiger partial charge in [0, 0.05) is 69.9 Å². The highest BCUT2D eigenvalue weighted by molar-refractivity contribution is 6.10. The maximum Gasteiger partial charge on any atom is 0.410 e. The second-order valence-electron chi connectivity index (χ2n) is 10.8. The molecule has 1 aliphatic heterocycles. The maximum atomic E-state index is 12.3. The molecule has 2 heterocycles. The third-order valence-electron chi connectivity index (χ3n) is 6.08. The maximum absolute atomic E-state index is 12.3. The molecule has 36 heavy (non-hydrogen) atoms. The molecule has 9 nitrogen and oxygen atoms in total. The van der Waals surface area contributed by atoms with E-state index in [1.54, 1.807) is 18.1 Å². The van der Waals surface area contributed by atoms with Crippen molar-refractivity contribution in [3.63, 3.8) is 0 Å². The number of carbonyl (C=O) groups is 1. The molecule has 1 atom stereocenters. The van der Waals surface area contributed by atoms with Gasteiger partial charge in [0.05, 0.1) is 5.71 Å². The lowest BCUT2D eigenvalue weighted by molar-refractivity contribution is 0.00321. The largest absolute Gasteiger partial charge is 0.444 e. The van der Waals surface area contributed by atoms with Gasteiger partial charge in [-0.1, -0.05) is 0 Å². The fourth-order valence-electron chi connectivity index (χ4n) is 3.58. The average Bonchev–Trinajstić information content (AvgIpc) is 2.83. The summed E-state index contributed by atoms with van der Waals surface area (Å²) in [6.45, 7) is 12.3. The summed E-state index contributed by atoms with van der Waals surface area (Å²) < 4.78 is 11.3. The Kier molecular flexibility index (Phi) is 11.2. The summed E-state index contributed by atoms with van der Waals surface area (Å²) >= 11 is 0. The van der Waals surface area contributed by atoms with Gasteiger partial charge in [-0.15, -0.1) is 0 Å². The first-order valence-corrected chi connectivity index (χ1v) is 12.8. The first kappa shape index (κ1) is 29.6. The Labute approximate surface area is 217 Å². The van der Waals surface area contributed by atoms with Crippen LogP contribution in [0.4, 0.5) is 10.6 Å². The van der Waals surface area contributed by atoms with E-state index in [4.69, 9.17) is 14.9 Å². The van der Waals surface area contributed by atoms with Crippen LogP contribution in [0, 0.1) is 5.41 Å². The SMILES string of the molecule is CC(C)N(C)c1ccc(C(=N)/C(=C\NC2CCCCO2)CN(C)CCN(C)C(=O)OC(C)(C)C)cn1. The van der Waals surface area contributed by atoms with Gasteiger partial charge >= 0.3 is 6.09 Å². The molecule has 0 radical (unpaired) electrons. The molecule has 1 fully saturated rings. The number of rotatable bonds is 11. The van der Waals surface area contributed by atoms with Crippen molar-refractivity contribution in [2.45, 2.75) is 71.8 Å². The number of amides is 1. The summed E-state index contributed by atoms with van der Waals surface area (Å²) in [6, 6.07) is 4.24. The van der Waals surface area contributed by atoms with Crippen LogP contribution in [0.15, 0.2) is 30.1 Å². The molecule has 1 aliphatic rings. The minimum absolute atomic E-state index is 0.0367. The van der Waals surface area contributed by atoms with Gasteiger partial charge in [-0.3, -0.25) is 5.41 Å². The lowest BCUT2D eigenvalue weighted by Crippen LogP contribution is -2.39. The smallest absolute Gasteiger partial charge is 0.410 e. The molecule has 0 aliphatic carbocycles. The second kappa shape index (κ2) is 13.6. The van der Waals surface area contributed by atoms with Gasteiger partial charge in [0.25, 0.3) is 0 Å². The number of nitrogens with zero attached hydrogens (tertiary/aromatic N) is 4. The lowest BCUT2D eigenvalue weighted by Gasteiger charge is -2.27. The fourth-order valence-corrected chi connectivity index (χ4v) is 3.58. The Morgan fingerprint density at radius 1 is 1.25 bits per heavy atom. The summed E-state index contributed by atoms with van der Waals surface area (Å²) in [6.07, 6.45) is 6.45. The van der Waals surface area contributed by atoms with Gasteiger partial charge in [0.2, 0.25) is 0 Å². The zero-order valence-corrected chi connectivity index (χ0v) is 23.4. The van der Waals surface area contributed by atoms with Crippen molar-refractivity contribution >= 4 is 17.6 Å². The van der Waals surface area contributed by atoms with Crippen molar-refractivity contribution in [1.29, 1.82) is 5.41 Å². The first-order chi connectivity index (χ1) is 16.9. The fraction of sp³-hybridized carbons (Fsp3) is 0.667. The van der Waals surface area contributed by atoms with Gasteiger partial charge in [-0.05, 0) is 73.1 Å². The van der Waals surface area contributed by atoms with Gasteiger partial charge in [0.15, 0.2) is 0 Å². The van der Waals surface area contributed by atoms with Crippen LogP contribution in [0.3, 0.4) is 0 Å². The topological polar surface area (TPSA) is 94.0 Å². The Morgan fingerprint density at radius 2 is 1.97 bits per heavy atom. The Balaban J connectivity index is 2.09. The van der Waals surface area contributed by atoms with E-state index in [9.17, 15) is 4.79 Å². The number of nitrogens with one attached hydrogen (secondary N) is 2. The second-order valence-corrected chi connectivity index (χ2v) is 10.8. The minimum Gasteiger partial charge on any atom is -0.444 e. The van der Waals surface area contributed by atoms with Crippen LogP contribution >= 0.6 is 0 Å². The normalized spacial score (nSPS) is 16.7. The molecule has 1 aromatic rings. The summed E-state index contributed by atoms with van der Waals surface area (Å²) in [5.41, 5.74) is 1.48. The summed E-state index contributed by atoms with van der Waals surface area (Å²) in [4.78, 5) is 22.6. The van der Waals surface area contributed by atoms with E-state index >= 15 is 0 Å². The molecule has 1 saturated heterocycles. The van der Waals surface area contributed by atoms with Crippen LogP contribution in [0.25, 0.3) is 0 Å². The first-order valence-electron chi connectivity index (χ1n) is 12.8. The molecule has 0 spiro atoms. The van der Waals surface area contributed by atoms with Crippen LogP contribution in [0.2, 0.25) is 0 Å². The molecular weight excluding hydrogens is 456 g/mol. The Hall–Kier alpha value is -2.65. The van der Waals surface area contributed by atoms with Crippen molar-refractivity contribution in [2.75, 3.05) is 52.3 Å². The number of aromatic nitrogens is 1. The lowest BCUT2D eigenvalue weighted by atomic mass is 10.0. The quantitative estimate of drug-likeness (QED) is 0.440. The predicted molar refractivity (Wildman–Crippen MR) is 146 cm³/mol. The minimum atomic E-state index is -0.525. The number of hydrogen-bond acceptors (Lipinski definition) is 8. The molecule has 1 amide bonds. The third-order valence-corrected chi connectivity index (χ3v) is 6.08. The molecule has 0 bridgehead atoms. The van der Waals surface area contributed by atoms with E-state index in [0.29, 0.717) is 31.4 Å². The van der Waals surface area contributed by atoms with Crippen LogP contribution < -0.4 is 10.2 Å². The molecular formula is C27H46N6O3. The molecule has 0 aromatic carbocycles. The van der Waals surface area contributed by atoms with E-state index in [1.165, 1.54) is 0 Å². The van der Waals surface area contributed by atoms with Gasteiger partial charge in [0.1, 0.15) is 17.6 Å². The predicted octanol–water partition coefficient (Wildman–Crippen LogP) is 4.09. The monoisotopic (exact) mass is 502 g/mol. The van der Waals surface area contributed by atoms with Crippen molar-refractivity contribution in [3.05, 3.63) is 35.7 Å². The summed E-state index contributed by atoms with van der Waals surface area (Å²) in [5.74, 6) is 0.878. The number of anilines is 1. The van der Waals surface area contributed by atoms with Crippen LogP contribution in [0.5, 0.6) is 0 Å². The van der Waals surface area contributed by atoms with Crippen LogP contribution in [-0.2, 0) is 9.47 Å². The van der Waals surface area contributed by atoms with E-state index in [2.05, 4.69) is 33.9 Å². The summed E-state index contributed by atoms with van der Waals surface area (Å²) in [5, 5.41) is 12.3. The van der Waals surface area contributed by atoms with Gasteiger partial charge in [-0.25, -0.2) is 9.78 Å². The van der Waals surface area contributed by atoms with Crippen molar-refractivity contribution in [3.8, 4) is 0 Å². The molecule has 0 saturated carbocycles. The number of hydrogen-bond donors (Lipinski definition) is 2. The highest BCUT2D eigenvalue weighted by Crippen LogP contribution is 2.16. The van der Waals surface area contributed by atoms with Crippen molar-refractivity contribution in [2.24, 2.45) is 0 Å². The highest BCUT2D eigenvalue weighted by Gasteiger charge is 2.20. The molecule has 2 N–H and O–H groups in total. The third kappa shape index (κ3) is 9.78. The Morgan fingerprint density at radius 3 is 2.53 bits per heavy atom. The van der Waals surface area contributed by atoms with E-state index in [1.807, 2.05) is 53.2 Å². The zero-order valence-electron chi connectivity index (χ0n) is 23.4. The van der Waals surface area contributed by atoms with Crippen LogP contribution in [-0.4, -0.2) is 91.8 Å².